The molecule has 138 valence electrons. The van der Waals surface area contributed by atoms with Gasteiger partial charge >= 0.3 is 6.03 Å². The van der Waals surface area contributed by atoms with E-state index in [0.717, 1.165) is 28.3 Å². The molecule has 0 aliphatic heterocycles. The minimum Gasteiger partial charge on any atom is -0.481 e. The van der Waals surface area contributed by atoms with Gasteiger partial charge in [0.15, 0.2) is 0 Å². The number of anilines is 1. The monoisotopic (exact) mass is 411 g/mol. The summed E-state index contributed by atoms with van der Waals surface area (Å²) in [6.07, 6.45) is 2.46. The molecule has 2 N–H and O–H groups in total. The Morgan fingerprint density at radius 2 is 2.15 bits per heavy atom. The normalized spacial score (nSPS) is 17.4. The molecule has 0 saturated heterocycles. The van der Waals surface area contributed by atoms with Crippen molar-refractivity contribution in [2.45, 2.75) is 22.2 Å². The van der Waals surface area contributed by atoms with Gasteiger partial charge < -0.3 is 15.4 Å². The molecule has 0 radical (unpaired) electrons. The Morgan fingerprint density at radius 1 is 1.38 bits per heavy atom. The van der Waals surface area contributed by atoms with Crippen molar-refractivity contribution in [2.24, 2.45) is 5.92 Å². The molecule has 8 heteroatoms. The summed E-state index contributed by atoms with van der Waals surface area (Å²) in [5.74, 6) is 1.63. The van der Waals surface area contributed by atoms with Crippen molar-refractivity contribution in [3.63, 3.8) is 0 Å². The Labute approximate surface area is 166 Å². The average Bonchev–Trinajstić information content (AvgIpc) is 3.26. The van der Waals surface area contributed by atoms with Crippen LogP contribution in [0.15, 0.2) is 47.5 Å². The van der Waals surface area contributed by atoms with Gasteiger partial charge in [0.1, 0.15) is 4.33 Å². The molecule has 1 aromatic carbocycles. The number of rotatable bonds is 7. The Bertz CT molecular complexity index is 789. The van der Waals surface area contributed by atoms with Crippen molar-refractivity contribution < 1.29 is 9.53 Å². The zero-order chi connectivity index (χ0) is 18.6. The van der Waals surface area contributed by atoms with E-state index in [-0.39, 0.29) is 6.03 Å². The lowest BCUT2D eigenvalue weighted by molar-refractivity contribution is 0.251. The van der Waals surface area contributed by atoms with Gasteiger partial charge in [-0.1, -0.05) is 12.1 Å². The van der Waals surface area contributed by atoms with Crippen molar-refractivity contribution in [1.82, 2.24) is 10.3 Å². The molecule has 1 aromatic heterocycles. The maximum absolute atomic E-state index is 12.2. The second-order valence-corrected chi connectivity index (χ2v) is 8.59. The summed E-state index contributed by atoms with van der Waals surface area (Å²) in [7, 11) is 1.56. The zero-order valence-electron chi connectivity index (χ0n) is 14.2. The summed E-state index contributed by atoms with van der Waals surface area (Å²) in [4.78, 5) is 17.3. The van der Waals surface area contributed by atoms with Crippen LogP contribution < -0.4 is 15.4 Å². The molecule has 1 atom stereocenters. The van der Waals surface area contributed by atoms with Gasteiger partial charge in [-0.25, -0.2) is 9.78 Å². The average molecular weight is 412 g/mol. The summed E-state index contributed by atoms with van der Waals surface area (Å²) < 4.78 is 4.49. The molecule has 1 aliphatic carbocycles. The molecule has 26 heavy (non-hydrogen) atoms. The lowest BCUT2D eigenvalue weighted by Crippen LogP contribution is -2.28. The number of nitrogens with zero attached hydrogens (tertiary/aromatic N) is 1. The molecule has 0 spiro atoms. The largest absolute Gasteiger partial charge is 0.481 e. The number of para-hydroxylation sites is 1. The van der Waals surface area contributed by atoms with Crippen LogP contribution in [0.5, 0.6) is 5.88 Å². The van der Waals surface area contributed by atoms with E-state index >= 15 is 0 Å². The van der Waals surface area contributed by atoms with Gasteiger partial charge in [0.05, 0.1) is 12.8 Å². The topological polar surface area (TPSA) is 63.2 Å². The highest BCUT2D eigenvalue weighted by Crippen LogP contribution is 2.55. The molecular formula is C18H19Cl2N3O2S. The zero-order valence-corrected chi connectivity index (χ0v) is 16.5. The molecule has 2 amide bonds. The van der Waals surface area contributed by atoms with E-state index in [9.17, 15) is 4.79 Å². The molecule has 3 rings (SSSR count). The van der Waals surface area contributed by atoms with Crippen LogP contribution in [0.2, 0.25) is 0 Å². The van der Waals surface area contributed by atoms with E-state index in [1.165, 1.54) is 0 Å². The van der Waals surface area contributed by atoms with Crippen molar-refractivity contribution >= 4 is 46.7 Å². The van der Waals surface area contributed by atoms with Crippen LogP contribution in [0.4, 0.5) is 10.5 Å². The maximum Gasteiger partial charge on any atom is 0.319 e. The van der Waals surface area contributed by atoms with E-state index in [1.807, 2.05) is 30.3 Å². The van der Waals surface area contributed by atoms with Crippen LogP contribution in [0.3, 0.4) is 0 Å². The van der Waals surface area contributed by atoms with Crippen LogP contribution in [-0.4, -0.2) is 28.2 Å². The lowest BCUT2D eigenvalue weighted by Gasteiger charge is -2.12. The summed E-state index contributed by atoms with van der Waals surface area (Å²) in [5, 5.41) is 5.72. The number of thioether (sulfide) groups is 1. The third-order valence-corrected chi connectivity index (χ3v) is 6.15. The number of halogens is 2. The number of amides is 2. The summed E-state index contributed by atoms with van der Waals surface area (Å²) >= 11 is 13.8. The third-order valence-electron chi connectivity index (χ3n) is 3.99. The van der Waals surface area contributed by atoms with E-state index in [0.29, 0.717) is 18.3 Å². The Kier molecular flexibility index (Phi) is 6.16. The minimum atomic E-state index is -0.585. The number of alkyl halides is 2. The first kappa shape index (κ1) is 19.1. The summed E-state index contributed by atoms with van der Waals surface area (Å²) in [5.41, 5.74) is 1.67. The van der Waals surface area contributed by atoms with Gasteiger partial charge in [-0.15, -0.1) is 35.0 Å². The van der Waals surface area contributed by atoms with Gasteiger partial charge in [0, 0.05) is 35.4 Å². The highest BCUT2D eigenvalue weighted by Gasteiger charge is 2.51. The van der Waals surface area contributed by atoms with Crippen molar-refractivity contribution in [3.8, 4) is 5.88 Å². The molecular weight excluding hydrogens is 393 g/mol. The summed E-state index contributed by atoms with van der Waals surface area (Å²) in [6.45, 7) is 0.378. The molecule has 1 aliphatic rings. The number of aromatic nitrogens is 1. The van der Waals surface area contributed by atoms with Gasteiger partial charge in [0.2, 0.25) is 5.88 Å². The number of hydrogen-bond donors (Lipinski definition) is 2. The number of nitrogens with one attached hydrogen (secondary N) is 2. The molecule has 1 unspecified atom stereocenters. The van der Waals surface area contributed by atoms with Crippen LogP contribution in [0, 0.1) is 5.92 Å². The van der Waals surface area contributed by atoms with Crippen molar-refractivity contribution in [3.05, 3.63) is 48.2 Å². The third kappa shape index (κ3) is 5.19. The molecule has 0 bridgehead atoms. The Balaban J connectivity index is 1.53. The quantitative estimate of drug-likeness (QED) is 0.511. The number of hydrogen-bond acceptors (Lipinski definition) is 4. The van der Waals surface area contributed by atoms with Crippen LogP contribution in [0.1, 0.15) is 12.0 Å². The number of ether oxygens (including phenoxy) is 1. The predicted molar refractivity (Wildman–Crippen MR) is 106 cm³/mol. The Morgan fingerprint density at radius 3 is 2.88 bits per heavy atom. The number of carbonyl (C=O) groups is 1. The molecule has 1 heterocycles. The van der Waals surface area contributed by atoms with Crippen LogP contribution in [0.25, 0.3) is 0 Å². The highest BCUT2D eigenvalue weighted by molar-refractivity contribution is 7.99. The van der Waals surface area contributed by atoms with Gasteiger partial charge in [0.25, 0.3) is 0 Å². The standard InChI is InChI=1S/C18H19Cl2N3O2S/c1-25-16-8-12(6-7-21-16)10-22-17(24)23-14-4-2-3-5-15(14)26-11-13-9-18(13,19)20/h2-8,13H,9-11H2,1H3,(H2,22,23,24). The van der Waals surface area contributed by atoms with Crippen LogP contribution >= 0.6 is 35.0 Å². The summed E-state index contributed by atoms with van der Waals surface area (Å²) in [6, 6.07) is 11.0. The fourth-order valence-corrected chi connectivity index (χ4v) is 4.30. The lowest BCUT2D eigenvalue weighted by atomic mass is 10.2. The van der Waals surface area contributed by atoms with Crippen LogP contribution in [-0.2, 0) is 6.54 Å². The first-order valence-electron chi connectivity index (χ1n) is 8.11. The van der Waals surface area contributed by atoms with E-state index in [1.54, 1.807) is 31.1 Å². The fraction of sp³-hybridized carbons (Fsp3) is 0.333. The van der Waals surface area contributed by atoms with E-state index in [4.69, 9.17) is 27.9 Å². The fourth-order valence-electron chi connectivity index (χ4n) is 2.36. The number of methoxy groups -OCH3 is 1. The van der Waals surface area contributed by atoms with Crippen molar-refractivity contribution in [1.29, 1.82) is 0 Å². The smallest absolute Gasteiger partial charge is 0.319 e. The second kappa shape index (κ2) is 8.37. The second-order valence-electron chi connectivity index (χ2n) is 5.98. The first-order valence-corrected chi connectivity index (χ1v) is 9.85. The minimum absolute atomic E-state index is 0.274. The molecule has 2 aromatic rings. The first-order chi connectivity index (χ1) is 12.5. The number of urea groups is 1. The maximum atomic E-state index is 12.2. The van der Waals surface area contributed by atoms with Gasteiger partial charge in [-0.2, -0.15) is 0 Å². The number of benzene rings is 1. The van der Waals surface area contributed by atoms with Gasteiger partial charge in [-0.05, 0) is 30.2 Å². The highest BCUT2D eigenvalue weighted by atomic mass is 35.5. The SMILES string of the molecule is COc1cc(CNC(=O)Nc2ccccc2SCC2CC2(Cl)Cl)ccn1. The van der Waals surface area contributed by atoms with E-state index in [2.05, 4.69) is 15.6 Å². The molecule has 1 saturated carbocycles. The number of pyridine rings is 1. The Hall–Kier alpha value is -1.63. The van der Waals surface area contributed by atoms with Crippen molar-refractivity contribution in [2.75, 3.05) is 18.2 Å². The molecule has 5 nitrogen and oxygen atoms in total. The number of carbonyl (C=O) groups excluding carboxylic acids is 1. The molecule has 1 fully saturated rings. The van der Waals surface area contributed by atoms with E-state index < -0.39 is 4.33 Å². The predicted octanol–water partition coefficient (Wildman–Crippen LogP) is 4.70. The van der Waals surface area contributed by atoms with Gasteiger partial charge in [-0.3, -0.25) is 0 Å².